The molecule has 2 amide bonds. The molecule has 6 nitrogen and oxygen atoms in total. The van der Waals surface area contributed by atoms with E-state index in [-0.39, 0.29) is 23.7 Å². The molecule has 2 atom stereocenters. The molecule has 2 rings (SSSR count). The Labute approximate surface area is 130 Å². The van der Waals surface area contributed by atoms with Gasteiger partial charge in [-0.15, -0.1) is 0 Å². The van der Waals surface area contributed by atoms with Gasteiger partial charge in [0.05, 0.1) is 18.9 Å². The third-order valence-corrected chi connectivity index (χ3v) is 3.65. The van der Waals surface area contributed by atoms with E-state index in [0.717, 1.165) is 12.2 Å². The highest BCUT2D eigenvalue weighted by molar-refractivity contribution is 5.99. The molecule has 0 bridgehead atoms. The second-order valence-corrected chi connectivity index (χ2v) is 5.30. The molecule has 1 aromatic carbocycles. The van der Waals surface area contributed by atoms with E-state index in [1.165, 1.54) is 0 Å². The van der Waals surface area contributed by atoms with Crippen molar-refractivity contribution < 1.29 is 19.1 Å². The maximum atomic E-state index is 12.1. The number of benzene rings is 1. The molecule has 1 fully saturated rings. The molecule has 2 unspecified atom stereocenters. The first kappa shape index (κ1) is 16.3. The van der Waals surface area contributed by atoms with Crippen molar-refractivity contribution in [2.75, 3.05) is 32.7 Å². The second kappa shape index (κ2) is 7.79. The molecule has 0 aliphatic heterocycles. The minimum atomic E-state index is -0.232. The minimum absolute atomic E-state index is 0.0500. The second-order valence-electron chi connectivity index (χ2n) is 5.30. The molecule has 0 saturated heterocycles. The van der Waals surface area contributed by atoms with Crippen molar-refractivity contribution in [1.82, 2.24) is 5.32 Å². The van der Waals surface area contributed by atoms with Crippen LogP contribution in [0.1, 0.15) is 12.8 Å². The summed E-state index contributed by atoms with van der Waals surface area (Å²) >= 11 is 0. The van der Waals surface area contributed by atoms with Crippen molar-refractivity contribution in [2.24, 2.45) is 11.8 Å². The summed E-state index contributed by atoms with van der Waals surface area (Å²) in [4.78, 5) is 23.9. The first-order valence-electron chi connectivity index (χ1n) is 7.37. The molecule has 6 heteroatoms. The van der Waals surface area contributed by atoms with E-state index in [2.05, 4.69) is 10.6 Å². The van der Waals surface area contributed by atoms with Gasteiger partial charge in [-0.05, 0) is 37.1 Å². The van der Waals surface area contributed by atoms with E-state index < -0.39 is 0 Å². The number of methoxy groups -OCH3 is 2. The van der Waals surface area contributed by atoms with Crippen LogP contribution in [0.2, 0.25) is 0 Å². The molecule has 1 saturated carbocycles. The van der Waals surface area contributed by atoms with Crippen LogP contribution in [0.4, 0.5) is 5.69 Å². The summed E-state index contributed by atoms with van der Waals surface area (Å²) < 4.78 is 9.98. The summed E-state index contributed by atoms with van der Waals surface area (Å²) in [6.45, 7) is 1.20. The van der Waals surface area contributed by atoms with Crippen molar-refractivity contribution in [3.63, 3.8) is 0 Å². The van der Waals surface area contributed by atoms with Gasteiger partial charge < -0.3 is 20.1 Å². The van der Waals surface area contributed by atoms with Crippen molar-refractivity contribution in [3.8, 4) is 5.75 Å². The summed E-state index contributed by atoms with van der Waals surface area (Å²) in [5.41, 5.74) is 0.706. The lowest BCUT2D eigenvalue weighted by atomic mass is 10.2. The summed E-state index contributed by atoms with van der Waals surface area (Å²) in [5.74, 6) is 0.135. The monoisotopic (exact) mass is 306 g/mol. The smallest absolute Gasteiger partial charge is 0.228 e. The topological polar surface area (TPSA) is 76.7 Å². The number of ether oxygens (including phenoxy) is 2. The molecule has 1 aromatic rings. The van der Waals surface area contributed by atoms with Crippen LogP contribution in [-0.4, -0.2) is 39.2 Å². The predicted molar refractivity (Wildman–Crippen MR) is 82.7 cm³/mol. The highest BCUT2D eigenvalue weighted by atomic mass is 16.5. The first-order chi connectivity index (χ1) is 10.7. The number of amides is 2. The zero-order valence-corrected chi connectivity index (χ0v) is 12.9. The van der Waals surface area contributed by atoms with E-state index in [0.29, 0.717) is 25.3 Å². The average Bonchev–Trinajstić information content (AvgIpc) is 3.33. The van der Waals surface area contributed by atoms with Gasteiger partial charge in [0.2, 0.25) is 11.8 Å². The van der Waals surface area contributed by atoms with Gasteiger partial charge in [-0.25, -0.2) is 0 Å². The quantitative estimate of drug-likeness (QED) is 0.712. The third kappa shape index (κ3) is 4.46. The van der Waals surface area contributed by atoms with Crippen LogP contribution >= 0.6 is 0 Å². The zero-order valence-electron chi connectivity index (χ0n) is 12.9. The molecule has 2 N–H and O–H groups in total. The Bertz CT molecular complexity index is 515. The minimum Gasteiger partial charge on any atom is -0.497 e. The van der Waals surface area contributed by atoms with Gasteiger partial charge in [-0.3, -0.25) is 9.59 Å². The van der Waals surface area contributed by atoms with E-state index in [1.807, 2.05) is 0 Å². The number of carbonyl (C=O) groups excluding carboxylic acids is 2. The van der Waals surface area contributed by atoms with Crippen LogP contribution in [0.15, 0.2) is 24.3 Å². The Morgan fingerprint density at radius 2 is 1.82 bits per heavy atom. The fourth-order valence-corrected chi connectivity index (χ4v) is 2.24. The zero-order chi connectivity index (χ0) is 15.9. The van der Waals surface area contributed by atoms with Crippen LogP contribution in [0.3, 0.4) is 0 Å². The van der Waals surface area contributed by atoms with Crippen molar-refractivity contribution >= 4 is 17.5 Å². The number of nitrogens with one attached hydrogen (secondary N) is 2. The molecular formula is C16H22N2O4. The Morgan fingerprint density at radius 1 is 1.14 bits per heavy atom. The molecular weight excluding hydrogens is 284 g/mol. The van der Waals surface area contributed by atoms with Crippen molar-refractivity contribution in [2.45, 2.75) is 12.8 Å². The maximum absolute atomic E-state index is 12.1. The number of carbonyl (C=O) groups is 2. The summed E-state index contributed by atoms with van der Waals surface area (Å²) in [5, 5.41) is 5.65. The highest BCUT2D eigenvalue weighted by Gasteiger charge is 2.47. The van der Waals surface area contributed by atoms with Gasteiger partial charge in [0.1, 0.15) is 5.75 Å². The summed E-state index contributed by atoms with van der Waals surface area (Å²) in [7, 11) is 3.22. The Hall–Kier alpha value is -2.08. The molecule has 22 heavy (non-hydrogen) atoms. The molecule has 1 aliphatic carbocycles. The Kier molecular flexibility index (Phi) is 5.77. The lowest BCUT2D eigenvalue weighted by molar-refractivity contribution is -0.125. The number of hydrogen-bond donors (Lipinski definition) is 2. The van der Waals surface area contributed by atoms with Crippen molar-refractivity contribution in [3.05, 3.63) is 24.3 Å². The Morgan fingerprint density at radius 3 is 2.45 bits per heavy atom. The lowest BCUT2D eigenvalue weighted by Gasteiger charge is -2.07. The third-order valence-electron chi connectivity index (χ3n) is 3.65. The van der Waals surface area contributed by atoms with E-state index in [1.54, 1.807) is 38.5 Å². The SMILES string of the molecule is COCCCNC(=O)C1CC1C(=O)Nc1ccc(OC)cc1. The molecule has 0 heterocycles. The van der Waals surface area contributed by atoms with Gasteiger partial charge in [-0.1, -0.05) is 0 Å². The highest BCUT2D eigenvalue weighted by Crippen LogP contribution is 2.39. The largest absolute Gasteiger partial charge is 0.497 e. The average molecular weight is 306 g/mol. The van der Waals surface area contributed by atoms with Crippen molar-refractivity contribution in [1.29, 1.82) is 0 Å². The summed E-state index contributed by atoms with van der Waals surface area (Å²) in [6.07, 6.45) is 1.38. The van der Waals surface area contributed by atoms with Gasteiger partial charge in [-0.2, -0.15) is 0 Å². The summed E-state index contributed by atoms with van der Waals surface area (Å²) in [6, 6.07) is 7.11. The molecule has 1 aliphatic rings. The molecule has 120 valence electrons. The number of anilines is 1. The van der Waals surface area contributed by atoms with E-state index in [4.69, 9.17) is 9.47 Å². The normalized spacial score (nSPS) is 19.4. The van der Waals surface area contributed by atoms with Crippen LogP contribution in [0, 0.1) is 11.8 Å². The number of hydrogen-bond acceptors (Lipinski definition) is 4. The lowest BCUT2D eigenvalue weighted by Crippen LogP contribution is -2.28. The molecule has 0 spiro atoms. The van der Waals surface area contributed by atoms with Crippen LogP contribution in [-0.2, 0) is 14.3 Å². The van der Waals surface area contributed by atoms with E-state index >= 15 is 0 Å². The fraction of sp³-hybridized carbons (Fsp3) is 0.500. The van der Waals surface area contributed by atoms with Gasteiger partial charge in [0.25, 0.3) is 0 Å². The van der Waals surface area contributed by atoms with E-state index in [9.17, 15) is 9.59 Å². The molecule has 0 radical (unpaired) electrons. The predicted octanol–water partition coefficient (Wildman–Crippen LogP) is 1.42. The van der Waals surface area contributed by atoms with Gasteiger partial charge >= 0.3 is 0 Å². The standard InChI is InChI=1S/C16H22N2O4/c1-21-9-3-8-17-15(19)13-10-14(13)16(20)18-11-4-6-12(22-2)7-5-11/h4-7,13-14H,3,8-10H2,1-2H3,(H,17,19)(H,18,20). The van der Waals surface area contributed by atoms with Crippen LogP contribution in [0.5, 0.6) is 5.75 Å². The first-order valence-corrected chi connectivity index (χ1v) is 7.37. The van der Waals surface area contributed by atoms with Crippen LogP contribution in [0.25, 0.3) is 0 Å². The van der Waals surface area contributed by atoms with Gasteiger partial charge in [0.15, 0.2) is 0 Å². The number of rotatable bonds is 8. The van der Waals surface area contributed by atoms with Crippen LogP contribution < -0.4 is 15.4 Å². The Balaban J connectivity index is 1.74. The maximum Gasteiger partial charge on any atom is 0.228 e. The molecule has 0 aromatic heterocycles. The van der Waals surface area contributed by atoms with Gasteiger partial charge in [0, 0.05) is 25.9 Å². The fourth-order valence-electron chi connectivity index (χ4n) is 2.24.